The molecule has 0 saturated carbocycles. The zero-order valence-corrected chi connectivity index (χ0v) is 7.91. The summed E-state index contributed by atoms with van der Waals surface area (Å²) < 4.78 is 24.7. The number of nitrogens with one attached hydrogen (secondary N) is 1. The third-order valence-corrected chi connectivity index (χ3v) is 1.96. The van der Waals surface area contributed by atoms with E-state index in [-0.39, 0.29) is 10.6 Å². The van der Waals surface area contributed by atoms with Crippen molar-refractivity contribution in [1.29, 1.82) is 0 Å². The number of hydrogen-bond donors (Lipinski definition) is 1. The summed E-state index contributed by atoms with van der Waals surface area (Å²) in [6.07, 6.45) is -2.52. The molecule has 1 N–H and O–H groups in total. The van der Waals surface area contributed by atoms with Gasteiger partial charge >= 0.3 is 0 Å². The van der Waals surface area contributed by atoms with Gasteiger partial charge in [-0.3, -0.25) is 0 Å². The lowest BCUT2D eigenvalue weighted by Crippen LogP contribution is -1.97. The molecule has 4 heteroatoms. The van der Waals surface area contributed by atoms with E-state index in [1.807, 2.05) is 6.92 Å². The summed E-state index contributed by atoms with van der Waals surface area (Å²) in [4.78, 5) is 0. The van der Waals surface area contributed by atoms with Crippen LogP contribution in [-0.2, 0) is 0 Å². The molecule has 1 nitrogen and oxygen atoms in total. The Morgan fingerprint density at radius 2 is 2.15 bits per heavy atom. The minimum absolute atomic E-state index is 0.108. The Balaban J connectivity index is 2.97. The fourth-order valence-corrected chi connectivity index (χ4v) is 1.23. The molecule has 0 aliphatic heterocycles. The van der Waals surface area contributed by atoms with Crippen molar-refractivity contribution in [2.45, 2.75) is 13.3 Å². The van der Waals surface area contributed by atoms with Crippen LogP contribution in [0.3, 0.4) is 0 Å². The van der Waals surface area contributed by atoms with E-state index >= 15 is 0 Å². The molecule has 1 aromatic rings. The largest absolute Gasteiger partial charge is 0.385 e. The number of benzene rings is 1. The molecule has 0 saturated heterocycles. The number of anilines is 1. The van der Waals surface area contributed by atoms with Crippen LogP contribution in [0.4, 0.5) is 14.5 Å². The molecule has 0 aromatic heterocycles. The van der Waals surface area contributed by atoms with E-state index < -0.39 is 6.43 Å². The fourth-order valence-electron chi connectivity index (χ4n) is 1.03. The molecule has 0 radical (unpaired) electrons. The quantitative estimate of drug-likeness (QED) is 0.793. The highest BCUT2D eigenvalue weighted by Gasteiger charge is 2.11. The van der Waals surface area contributed by atoms with E-state index in [4.69, 9.17) is 11.6 Å². The van der Waals surface area contributed by atoms with Gasteiger partial charge in [0.1, 0.15) is 0 Å². The molecule has 0 atom stereocenters. The van der Waals surface area contributed by atoms with Crippen molar-refractivity contribution in [3.63, 3.8) is 0 Å². The minimum Gasteiger partial charge on any atom is -0.385 e. The van der Waals surface area contributed by atoms with E-state index in [0.717, 1.165) is 0 Å². The molecule has 0 aliphatic carbocycles. The fraction of sp³-hybridized carbons (Fsp3) is 0.333. The number of alkyl halides is 2. The van der Waals surface area contributed by atoms with Gasteiger partial charge in [-0.05, 0) is 25.1 Å². The highest BCUT2D eigenvalue weighted by Crippen LogP contribution is 2.29. The lowest BCUT2D eigenvalue weighted by molar-refractivity contribution is 0.151. The van der Waals surface area contributed by atoms with E-state index in [9.17, 15) is 8.78 Å². The second-order valence-corrected chi connectivity index (χ2v) is 2.97. The summed E-state index contributed by atoms with van der Waals surface area (Å²) in [5, 5.41) is 3.05. The van der Waals surface area contributed by atoms with Crippen molar-refractivity contribution in [3.05, 3.63) is 28.8 Å². The number of halogens is 3. The van der Waals surface area contributed by atoms with Crippen LogP contribution in [0.2, 0.25) is 5.02 Å². The van der Waals surface area contributed by atoms with Crippen LogP contribution in [0.5, 0.6) is 0 Å². The Morgan fingerprint density at radius 1 is 1.46 bits per heavy atom. The smallest absolute Gasteiger partial charge is 0.265 e. The van der Waals surface area contributed by atoms with E-state index in [2.05, 4.69) is 5.32 Å². The Hall–Kier alpha value is -0.830. The first-order valence-electron chi connectivity index (χ1n) is 3.96. The van der Waals surface area contributed by atoms with Crippen molar-refractivity contribution in [2.75, 3.05) is 11.9 Å². The molecule has 0 amide bonds. The van der Waals surface area contributed by atoms with Gasteiger partial charge in [0.15, 0.2) is 0 Å². The lowest BCUT2D eigenvalue weighted by Gasteiger charge is -2.07. The van der Waals surface area contributed by atoms with Gasteiger partial charge in [0, 0.05) is 22.8 Å². The van der Waals surface area contributed by atoms with Crippen LogP contribution in [0.1, 0.15) is 18.9 Å². The van der Waals surface area contributed by atoms with Gasteiger partial charge in [-0.2, -0.15) is 0 Å². The molecule has 0 unspecified atom stereocenters. The van der Waals surface area contributed by atoms with E-state index in [1.54, 1.807) is 6.07 Å². The summed E-state index contributed by atoms with van der Waals surface area (Å²) in [6.45, 7) is 2.60. The summed E-state index contributed by atoms with van der Waals surface area (Å²) in [7, 11) is 0. The zero-order valence-electron chi connectivity index (χ0n) is 7.15. The first-order chi connectivity index (χ1) is 6.15. The van der Waals surface area contributed by atoms with Crippen LogP contribution >= 0.6 is 11.6 Å². The van der Waals surface area contributed by atoms with E-state index in [1.165, 1.54) is 12.1 Å². The van der Waals surface area contributed by atoms with Crippen LogP contribution in [-0.4, -0.2) is 6.54 Å². The standard InChI is InChI=1S/C9H10ClF2N/c1-2-13-6-3-4-8(10)7(5-6)9(11)12/h3-5,9,13H,2H2,1H3. The van der Waals surface area contributed by atoms with Crippen LogP contribution < -0.4 is 5.32 Å². The van der Waals surface area contributed by atoms with Crippen LogP contribution in [0.25, 0.3) is 0 Å². The van der Waals surface area contributed by atoms with Crippen molar-refractivity contribution in [3.8, 4) is 0 Å². The molecule has 0 bridgehead atoms. The van der Waals surface area contributed by atoms with Crippen LogP contribution in [0, 0.1) is 0 Å². The molecule has 0 fully saturated rings. The zero-order chi connectivity index (χ0) is 9.84. The normalized spacial score (nSPS) is 10.5. The Morgan fingerprint density at radius 3 is 2.69 bits per heavy atom. The lowest BCUT2D eigenvalue weighted by atomic mass is 10.2. The Kier molecular flexibility index (Phi) is 3.48. The number of rotatable bonds is 3. The first kappa shape index (κ1) is 10.3. The van der Waals surface area contributed by atoms with Gasteiger partial charge < -0.3 is 5.32 Å². The van der Waals surface area contributed by atoms with Gasteiger partial charge in [0.25, 0.3) is 6.43 Å². The highest BCUT2D eigenvalue weighted by atomic mass is 35.5. The maximum absolute atomic E-state index is 12.3. The van der Waals surface area contributed by atoms with Crippen LogP contribution in [0.15, 0.2) is 18.2 Å². The topological polar surface area (TPSA) is 12.0 Å². The van der Waals surface area contributed by atoms with Gasteiger partial charge in [0.05, 0.1) is 0 Å². The van der Waals surface area contributed by atoms with Gasteiger partial charge in [-0.1, -0.05) is 11.6 Å². The van der Waals surface area contributed by atoms with E-state index in [0.29, 0.717) is 12.2 Å². The Labute approximate surface area is 80.7 Å². The number of hydrogen-bond acceptors (Lipinski definition) is 1. The second-order valence-electron chi connectivity index (χ2n) is 2.57. The SMILES string of the molecule is CCNc1ccc(Cl)c(C(F)F)c1. The molecular formula is C9H10ClF2N. The molecular weight excluding hydrogens is 196 g/mol. The van der Waals surface area contributed by atoms with Gasteiger partial charge in [-0.15, -0.1) is 0 Å². The summed E-state index contributed by atoms with van der Waals surface area (Å²) >= 11 is 5.58. The predicted octanol–water partition coefficient (Wildman–Crippen LogP) is 3.71. The molecule has 72 valence electrons. The third-order valence-electron chi connectivity index (χ3n) is 1.61. The van der Waals surface area contributed by atoms with Crippen molar-refractivity contribution in [1.82, 2.24) is 0 Å². The monoisotopic (exact) mass is 205 g/mol. The summed E-state index contributed by atoms with van der Waals surface area (Å²) in [5.41, 5.74) is 0.544. The second kappa shape index (κ2) is 4.42. The average molecular weight is 206 g/mol. The first-order valence-corrected chi connectivity index (χ1v) is 4.34. The Bertz CT molecular complexity index is 289. The third kappa shape index (κ3) is 2.56. The van der Waals surface area contributed by atoms with Crippen molar-refractivity contribution < 1.29 is 8.78 Å². The average Bonchev–Trinajstić information content (AvgIpc) is 2.08. The van der Waals surface area contributed by atoms with Crippen molar-refractivity contribution in [2.24, 2.45) is 0 Å². The van der Waals surface area contributed by atoms with Crippen molar-refractivity contribution >= 4 is 17.3 Å². The molecule has 0 heterocycles. The molecule has 1 aromatic carbocycles. The predicted molar refractivity (Wildman–Crippen MR) is 50.6 cm³/mol. The summed E-state index contributed by atoms with van der Waals surface area (Å²) in [5.74, 6) is 0. The molecule has 1 rings (SSSR count). The molecule has 13 heavy (non-hydrogen) atoms. The maximum atomic E-state index is 12.3. The molecule has 0 aliphatic rings. The summed E-state index contributed by atoms with van der Waals surface area (Å²) in [6, 6.07) is 4.52. The van der Waals surface area contributed by atoms with Gasteiger partial charge in [0.2, 0.25) is 0 Å². The van der Waals surface area contributed by atoms with Gasteiger partial charge in [-0.25, -0.2) is 8.78 Å². The highest BCUT2D eigenvalue weighted by molar-refractivity contribution is 6.31. The maximum Gasteiger partial charge on any atom is 0.265 e. The minimum atomic E-state index is -2.52. The molecule has 0 spiro atoms.